The highest BCUT2D eigenvalue weighted by Crippen LogP contribution is 2.38. The van der Waals surface area contributed by atoms with E-state index in [9.17, 15) is 45.5 Å². The average Bonchev–Trinajstić information content (AvgIpc) is 3.31. The Bertz CT molecular complexity index is 1530. The molecule has 3 aromatic rings. The smallest absolute Gasteiger partial charge is 0.460 e. The molecule has 0 saturated heterocycles. The molecule has 2 atom stereocenters. The van der Waals surface area contributed by atoms with Crippen LogP contribution in [-0.2, 0) is 27.0 Å². The van der Waals surface area contributed by atoms with Gasteiger partial charge in [-0.25, -0.2) is 0 Å². The molecule has 1 aliphatic rings. The predicted molar refractivity (Wildman–Crippen MR) is 124 cm³/mol. The van der Waals surface area contributed by atoms with Crippen molar-refractivity contribution in [2.75, 3.05) is 0 Å². The van der Waals surface area contributed by atoms with E-state index in [0.29, 0.717) is 31.7 Å². The third-order valence-electron chi connectivity index (χ3n) is 6.40. The van der Waals surface area contributed by atoms with Crippen LogP contribution in [0.4, 0.5) is 26.3 Å². The van der Waals surface area contributed by atoms with Gasteiger partial charge in [-0.2, -0.15) is 26.3 Å². The van der Waals surface area contributed by atoms with E-state index in [4.69, 9.17) is 4.74 Å². The molecule has 1 saturated carbocycles. The lowest BCUT2D eigenvalue weighted by molar-refractivity contribution is -0.173. The second-order valence-electron chi connectivity index (χ2n) is 9.12. The molecule has 1 fully saturated rings. The summed E-state index contributed by atoms with van der Waals surface area (Å²) in [5.41, 5.74) is -4.15. The number of amides is 1. The Morgan fingerprint density at radius 3 is 2.44 bits per heavy atom. The van der Waals surface area contributed by atoms with Gasteiger partial charge in [0.2, 0.25) is 0 Å². The number of benzene rings is 1. The minimum atomic E-state index is -5.13. The van der Waals surface area contributed by atoms with Crippen LogP contribution >= 0.6 is 0 Å². The summed E-state index contributed by atoms with van der Waals surface area (Å²) in [7, 11) is 0. The lowest BCUT2D eigenvalue weighted by Crippen LogP contribution is -2.43. The van der Waals surface area contributed by atoms with Crippen molar-refractivity contribution in [3.63, 3.8) is 0 Å². The molecule has 2 heterocycles. The Kier molecular flexibility index (Phi) is 7.36. The summed E-state index contributed by atoms with van der Waals surface area (Å²) < 4.78 is 87.1. The quantitative estimate of drug-likeness (QED) is 0.281. The SMILES string of the molecule is CC(=O)O[C@H]1CCCC[C@H]1n1c(=O)c(=O)[nH]c2cc(C(F)(F)F)c(-n3ccc(CNC(=O)C(F)(F)F)c3)cc21. The maximum Gasteiger partial charge on any atom is 0.471 e. The number of alkyl halides is 6. The summed E-state index contributed by atoms with van der Waals surface area (Å²) in [4.78, 5) is 50.4. The molecule has 210 valence electrons. The van der Waals surface area contributed by atoms with Crippen molar-refractivity contribution < 1.29 is 40.7 Å². The monoisotopic (exact) mass is 560 g/mol. The van der Waals surface area contributed by atoms with E-state index in [1.54, 1.807) is 5.32 Å². The van der Waals surface area contributed by atoms with Gasteiger partial charge in [0.15, 0.2) is 0 Å². The van der Waals surface area contributed by atoms with Crippen LogP contribution in [0.2, 0.25) is 0 Å². The Morgan fingerprint density at radius 2 is 1.79 bits per heavy atom. The molecule has 15 heteroatoms. The molecular weight excluding hydrogens is 538 g/mol. The first-order valence-corrected chi connectivity index (χ1v) is 11.8. The molecule has 1 aliphatic carbocycles. The van der Waals surface area contributed by atoms with E-state index in [2.05, 4.69) is 4.98 Å². The highest BCUT2D eigenvalue weighted by atomic mass is 19.4. The molecule has 0 aliphatic heterocycles. The van der Waals surface area contributed by atoms with Crippen LogP contribution in [0.1, 0.15) is 49.8 Å². The van der Waals surface area contributed by atoms with Gasteiger partial charge >= 0.3 is 35.3 Å². The van der Waals surface area contributed by atoms with Crippen LogP contribution in [0.5, 0.6) is 0 Å². The molecule has 0 bridgehead atoms. The number of halogens is 6. The lowest BCUT2D eigenvalue weighted by atomic mass is 9.91. The second-order valence-corrected chi connectivity index (χ2v) is 9.12. The van der Waals surface area contributed by atoms with E-state index in [-0.39, 0.29) is 16.6 Å². The number of rotatable bonds is 5. The van der Waals surface area contributed by atoms with Gasteiger partial charge in [-0.3, -0.25) is 23.7 Å². The van der Waals surface area contributed by atoms with Crippen LogP contribution in [-0.4, -0.2) is 38.3 Å². The number of ether oxygens (including phenoxy) is 1. The summed E-state index contributed by atoms with van der Waals surface area (Å²) in [5.74, 6) is -2.83. The molecule has 1 amide bonds. The fourth-order valence-corrected chi connectivity index (χ4v) is 4.74. The number of nitrogens with zero attached hydrogens (tertiary/aromatic N) is 2. The summed E-state index contributed by atoms with van der Waals surface area (Å²) in [5, 5.41) is 1.64. The molecule has 4 rings (SSSR count). The summed E-state index contributed by atoms with van der Waals surface area (Å²) in [6, 6.07) is 2.10. The maximum absolute atomic E-state index is 14.1. The maximum atomic E-state index is 14.1. The third-order valence-corrected chi connectivity index (χ3v) is 6.40. The number of aromatic amines is 1. The van der Waals surface area contributed by atoms with Crippen LogP contribution in [0.15, 0.2) is 40.2 Å². The Hall–Kier alpha value is -4.04. The number of aromatic nitrogens is 3. The van der Waals surface area contributed by atoms with Crippen LogP contribution in [0, 0.1) is 0 Å². The largest absolute Gasteiger partial charge is 0.471 e. The molecule has 2 aromatic heterocycles. The van der Waals surface area contributed by atoms with Crippen LogP contribution in [0.3, 0.4) is 0 Å². The molecule has 2 N–H and O–H groups in total. The van der Waals surface area contributed by atoms with E-state index >= 15 is 0 Å². The van der Waals surface area contributed by atoms with Crippen LogP contribution < -0.4 is 16.4 Å². The Morgan fingerprint density at radius 1 is 1.10 bits per heavy atom. The standard InChI is InChI=1S/C24H22F6N4O5/c1-12(35)39-19-5-3-2-4-16(19)34-18-9-17(14(23(25,26)27)8-15(18)32-20(36)21(34)37)33-7-6-13(11-33)10-31-22(38)24(28,29)30/h6-9,11,16,19H,2-5,10H2,1H3,(H,31,38)(H,32,36)/t16-,19+/m1/s1. The van der Waals surface area contributed by atoms with Gasteiger partial charge in [-0.1, -0.05) is 6.42 Å². The van der Waals surface area contributed by atoms with Gasteiger partial charge in [-0.05, 0) is 43.0 Å². The Balaban J connectivity index is 1.87. The molecule has 0 unspecified atom stereocenters. The lowest BCUT2D eigenvalue weighted by Gasteiger charge is -2.33. The normalized spacial score (nSPS) is 18.2. The number of esters is 1. The zero-order valence-corrected chi connectivity index (χ0v) is 20.3. The predicted octanol–water partition coefficient (Wildman–Crippen LogP) is 3.72. The molecule has 1 aromatic carbocycles. The molecule has 39 heavy (non-hydrogen) atoms. The summed E-state index contributed by atoms with van der Waals surface area (Å²) >= 11 is 0. The Labute approximate surface area is 215 Å². The minimum Gasteiger partial charge on any atom is -0.460 e. The summed E-state index contributed by atoms with van der Waals surface area (Å²) in [6.45, 7) is 0.573. The van der Waals surface area contributed by atoms with Crippen molar-refractivity contribution in [1.29, 1.82) is 0 Å². The number of hydrogen-bond donors (Lipinski definition) is 2. The zero-order valence-electron chi connectivity index (χ0n) is 20.3. The second kappa shape index (κ2) is 10.3. The van der Waals surface area contributed by atoms with E-state index < -0.39 is 65.3 Å². The summed E-state index contributed by atoms with van der Waals surface area (Å²) in [6.07, 6.45) is -6.62. The molecule has 9 nitrogen and oxygen atoms in total. The van der Waals surface area contributed by atoms with Crippen molar-refractivity contribution in [3.05, 3.63) is 62.4 Å². The number of carbonyl (C=O) groups is 2. The average molecular weight is 560 g/mol. The molecule has 0 spiro atoms. The molecular formula is C24H22F6N4O5. The van der Waals surface area contributed by atoms with Crippen molar-refractivity contribution in [3.8, 4) is 5.69 Å². The van der Waals surface area contributed by atoms with Crippen molar-refractivity contribution in [1.82, 2.24) is 19.4 Å². The van der Waals surface area contributed by atoms with E-state index in [0.717, 1.165) is 27.6 Å². The minimum absolute atomic E-state index is 0.0627. The first kappa shape index (κ1) is 28.0. The zero-order chi connectivity index (χ0) is 28.7. The third kappa shape index (κ3) is 5.86. The highest BCUT2D eigenvalue weighted by molar-refractivity contribution is 5.81. The van der Waals surface area contributed by atoms with Gasteiger partial charge in [-0.15, -0.1) is 0 Å². The van der Waals surface area contributed by atoms with Gasteiger partial charge in [0.1, 0.15) is 6.10 Å². The van der Waals surface area contributed by atoms with Crippen molar-refractivity contribution in [2.24, 2.45) is 0 Å². The van der Waals surface area contributed by atoms with Gasteiger partial charge < -0.3 is 19.6 Å². The fraction of sp³-hybridized carbons (Fsp3) is 0.417. The van der Waals surface area contributed by atoms with Gasteiger partial charge in [0.25, 0.3) is 0 Å². The first-order valence-electron chi connectivity index (χ1n) is 11.8. The molecule has 0 radical (unpaired) electrons. The van der Waals surface area contributed by atoms with Crippen molar-refractivity contribution in [2.45, 2.75) is 63.7 Å². The van der Waals surface area contributed by atoms with Crippen molar-refractivity contribution >= 4 is 22.9 Å². The number of fused-ring (bicyclic) bond motifs is 1. The first-order chi connectivity index (χ1) is 18.2. The van der Waals surface area contributed by atoms with Crippen LogP contribution in [0.25, 0.3) is 16.7 Å². The van der Waals surface area contributed by atoms with Gasteiger partial charge in [0.05, 0.1) is 28.3 Å². The number of hydrogen-bond acceptors (Lipinski definition) is 5. The topological polar surface area (TPSA) is 115 Å². The number of carbonyl (C=O) groups excluding carboxylic acids is 2. The highest BCUT2D eigenvalue weighted by Gasteiger charge is 2.39. The van der Waals surface area contributed by atoms with E-state index in [1.807, 2.05) is 0 Å². The number of H-pyrrole nitrogens is 1. The number of nitrogens with one attached hydrogen (secondary N) is 2. The fourth-order valence-electron chi connectivity index (χ4n) is 4.74. The van der Waals surface area contributed by atoms with E-state index in [1.165, 1.54) is 13.0 Å². The van der Waals surface area contributed by atoms with Gasteiger partial charge in [0, 0.05) is 25.9 Å².